The van der Waals surface area contributed by atoms with Crippen molar-refractivity contribution in [3.8, 4) is 0 Å². The summed E-state index contributed by atoms with van der Waals surface area (Å²) in [6.45, 7) is 0. The number of hydrogen-bond acceptors (Lipinski definition) is 2. The predicted molar refractivity (Wildman–Crippen MR) is 66.1 cm³/mol. The first-order chi connectivity index (χ1) is 7.58. The van der Waals surface area contributed by atoms with Crippen LogP contribution in [0.5, 0.6) is 0 Å². The number of rotatable bonds is 6. The first-order valence-corrected chi connectivity index (χ1v) is 7.88. The van der Waals surface area contributed by atoms with E-state index in [-0.39, 0.29) is 10.6 Å². The molecule has 0 fully saturated rings. The van der Waals surface area contributed by atoms with Crippen molar-refractivity contribution in [2.24, 2.45) is 0 Å². The smallest absolute Gasteiger partial charge is 0.181 e. The molecule has 0 amide bonds. The number of unbranched alkanes of at least 4 members (excludes halogenated alkanes) is 2. The molecular weight excluding hydrogens is 295 g/mol. The second kappa shape index (κ2) is 6.35. The molecule has 0 N–H and O–H groups in total. The van der Waals surface area contributed by atoms with Crippen LogP contribution in [0.2, 0.25) is 0 Å². The van der Waals surface area contributed by atoms with E-state index >= 15 is 0 Å². The molecule has 0 spiro atoms. The summed E-state index contributed by atoms with van der Waals surface area (Å²) in [5, 5.41) is 0.868. The minimum absolute atomic E-state index is 0.0148. The van der Waals surface area contributed by atoms with Gasteiger partial charge in [-0.2, -0.15) is 0 Å². The van der Waals surface area contributed by atoms with Crippen molar-refractivity contribution in [3.05, 3.63) is 30.1 Å². The fourth-order valence-corrected chi connectivity index (χ4v) is 3.22. The molecule has 0 radical (unpaired) electrons. The van der Waals surface area contributed by atoms with Gasteiger partial charge in [0.2, 0.25) is 0 Å². The van der Waals surface area contributed by atoms with Gasteiger partial charge in [-0.15, -0.1) is 0 Å². The lowest BCUT2D eigenvalue weighted by molar-refractivity contribution is 0.564. The van der Waals surface area contributed by atoms with Crippen molar-refractivity contribution in [1.82, 2.24) is 0 Å². The van der Waals surface area contributed by atoms with E-state index in [0.717, 1.165) is 18.2 Å². The highest BCUT2D eigenvalue weighted by atomic mass is 79.9. The normalized spacial score (nSPS) is 11.6. The Balaban J connectivity index is 2.68. The van der Waals surface area contributed by atoms with Crippen LogP contribution >= 0.6 is 15.9 Å². The van der Waals surface area contributed by atoms with Gasteiger partial charge in [-0.05, 0) is 25.0 Å². The van der Waals surface area contributed by atoms with Gasteiger partial charge >= 0.3 is 0 Å². The van der Waals surface area contributed by atoms with Gasteiger partial charge in [0.1, 0.15) is 10.7 Å². The van der Waals surface area contributed by atoms with E-state index < -0.39 is 15.7 Å². The van der Waals surface area contributed by atoms with E-state index in [1.54, 1.807) is 0 Å². The molecule has 2 nitrogen and oxygen atoms in total. The molecule has 0 saturated heterocycles. The Morgan fingerprint density at radius 1 is 1.12 bits per heavy atom. The predicted octanol–water partition coefficient (Wildman–Crippen LogP) is 3.16. The second-order valence-electron chi connectivity index (χ2n) is 3.50. The molecule has 1 rings (SSSR count). The SMILES string of the molecule is O=S(=O)(CCCCCBr)c1ccccc1F. The highest BCUT2D eigenvalue weighted by molar-refractivity contribution is 9.09. The molecule has 0 aromatic heterocycles. The highest BCUT2D eigenvalue weighted by Gasteiger charge is 2.17. The zero-order valence-corrected chi connectivity index (χ0v) is 11.2. The largest absolute Gasteiger partial charge is 0.224 e. The van der Waals surface area contributed by atoms with E-state index in [9.17, 15) is 12.8 Å². The summed E-state index contributed by atoms with van der Waals surface area (Å²) in [7, 11) is -3.46. The quantitative estimate of drug-likeness (QED) is 0.597. The maximum Gasteiger partial charge on any atom is 0.181 e. The van der Waals surface area contributed by atoms with Crippen LogP contribution in [0.4, 0.5) is 4.39 Å². The molecule has 0 bridgehead atoms. The Labute approximate surface area is 104 Å². The molecule has 0 atom stereocenters. The van der Waals surface area contributed by atoms with E-state index in [2.05, 4.69) is 15.9 Å². The summed E-state index contributed by atoms with van der Waals surface area (Å²) in [6.07, 6.45) is 2.34. The number of hydrogen-bond donors (Lipinski definition) is 0. The molecule has 0 saturated carbocycles. The van der Waals surface area contributed by atoms with Crippen molar-refractivity contribution < 1.29 is 12.8 Å². The number of halogens is 2. The molecule has 0 aliphatic rings. The molecule has 0 heterocycles. The topological polar surface area (TPSA) is 34.1 Å². The van der Waals surface area contributed by atoms with E-state index in [4.69, 9.17) is 0 Å². The summed E-state index contributed by atoms with van der Waals surface area (Å²) < 4.78 is 36.8. The summed E-state index contributed by atoms with van der Waals surface area (Å²) in [6, 6.07) is 5.51. The monoisotopic (exact) mass is 308 g/mol. The maximum atomic E-state index is 13.3. The molecule has 16 heavy (non-hydrogen) atoms. The minimum Gasteiger partial charge on any atom is -0.224 e. The third kappa shape index (κ3) is 3.87. The Bertz CT molecular complexity index is 431. The van der Waals surface area contributed by atoms with Crippen LogP contribution < -0.4 is 0 Å². The lowest BCUT2D eigenvalue weighted by Crippen LogP contribution is -2.08. The van der Waals surface area contributed by atoms with Gasteiger partial charge in [-0.1, -0.05) is 34.5 Å². The Morgan fingerprint density at radius 2 is 1.81 bits per heavy atom. The van der Waals surface area contributed by atoms with Crippen LogP contribution in [0.25, 0.3) is 0 Å². The van der Waals surface area contributed by atoms with Crippen LogP contribution in [0.3, 0.4) is 0 Å². The van der Waals surface area contributed by atoms with Gasteiger partial charge in [-0.25, -0.2) is 12.8 Å². The number of sulfone groups is 1. The van der Waals surface area contributed by atoms with Gasteiger partial charge in [0.15, 0.2) is 9.84 Å². The van der Waals surface area contributed by atoms with E-state index in [0.29, 0.717) is 6.42 Å². The van der Waals surface area contributed by atoms with Crippen molar-refractivity contribution in [3.63, 3.8) is 0 Å². The van der Waals surface area contributed by atoms with Crippen LogP contribution in [-0.4, -0.2) is 19.5 Å². The summed E-state index contributed by atoms with van der Waals surface area (Å²) in [5.74, 6) is -0.649. The van der Waals surface area contributed by atoms with Crippen molar-refractivity contribution in [2.45, 2.75) is 24.2 Å². The first kappa shape index (κ1) is 13.6. The molecule has 90 valence electrons. The number of benzene rings is 1. The van der Waals surface area contributed by atoms with Gasteiger partial charge in [0.25, 0.3) is 0 Å². The average molecular weight is 309 g/mol. The van der Waals surface area contributed by atoms with Crippen LogP contribution in [0.15, 0.2) is 29.2 Å². The van der Waals surface area contributed by atoms with Crippen molar-refractivity contribution in [2.75, 3.05) is 11.1 Å². The third-order valence-electron chi connectivity index (χ3n) is 2.22. The molecule has 5 heteroatoms. The standard InChI is InChI=1S/C11H14BrFO2S/c12-8-4-1-5-9-16(14,15)11-7-3-2-6-10(11)13/h2-3,6-7H,1,4-5,8-9H2. The Morgan fingerprint density at radius 3 is 2.44 bits per heavy atom. The highest BCUT2D eigenvalue weighted by Crippen LogP contribution is 2.16. The van der Waals surface area contributed by atoms with Crippen molar-refractivity contribution in [1.29, 1.82) is 0 Å². The first-order valence-electron chi connectivity index (χ1n) is 5.11. The molecule has 0 aliphatic carbocycles. The fourth-order valence-electron chi connectivity index (χ4n) is 1.37. The fraction of sp³-hybridized carbons (Fsp3) is 0.455. The Hall–Kier alpha value is -0.420. The van der Waals surface area contributed by atoms with Gasteiger partial charge in [-0.3, -0.25) is 0 Å². The van der Waals surface area contributed by atoms with Crippen LogP contribution in [-0.2, 0) is 9.84 Å². The van der Waals surface area contributed by atoms with Crippen molar-refractivity contribution >= 4 is 25.8 Å². The zero-order valence-electron chi connectivity index (χ0n) is 8.83. The average Bonchev–Trinajstić information content (AvgIpc) is 2.25. The summed E-state index contributed by atoms with van der Waals surface area (Å²) >= 11 is 3.28. The van der Waals surface area contributed by atoms with Gasteiger partial charge < -0.3 is 0 Å². The molecule has 0 aliphatic heterocycles. The Kier molecular flexibility index (Phi) is 5.41. The molecule has 1 aromatic carbocycles. The lowest BCUT2D eigenvalue weighted by atomic mass is 10.3. The molecule has 1 aromatic rings. The lowest BCUT2D eigenvalue weighted by Gasteiger charge is -2.04. The van der Waals surface area contributed by atoms with Gasteiger partial charge in [0, 0.05) is 5.33 Å². The second-order valence-corrected chi connectivity index (χ2v) is 6.37. The minimum atomic E-state index is -3.46. The van der Waals surface area contributed by atoms with Crippen LogP contribution in [0.1, 0.15) is 19.3 Å². The summed E-state index contributed by atoms with van der Waals surface area (Å²) in [5.41, 5.74) is 0. The third-order valence-corrected chi connectivity index (χ3v) is 4.61. The van der Waals surface area contributed by atoms with Gasteiger partial charge in [0.05, 0.1) is 5.75 Å². The van der Waals surface area contributed by atoms with E-state index in [1.807, 2.05) is 0 Å². The zero-order chi connectivity index (χ0) is 12.0. The maximum absolute atomic E-state index is 13.3. The summed E-state index contributed by atoms with van der Waals surface area (Å²) in [4.78, 5) is -0.186. The number of alkyl halides is 1. The molecular formula is C11H14BrFO2S. The van der Waals surface area contributed by atoms with Crippen LogP contribution in [0, 0.1) is 5.82 Å². The molecule has 0 unspecified atom stereocenters. The van der Waals surface area contributed by atoms with E-state index in [1.165, 1.54) is 24.3 Å².